The molecule has 10 heteroatoms. The summed E-state index contributed by atoms with van der Waals surface area (Å²) in [4.78, 5) is 11.4. The molecule has 0 saturated heterocycles. The van der Waals surface area contributed by atoms with Crippen LogP contribution in [0.2, 0.25) is 0 Å². The Bertz CT molecular complexity index is 522. The molecule has 0 atom stereocenters. The maximum Gasteiger partial charge on any atom is 0.250 e. The van der Waals surface area contributed by atoms with Crippen molar-refractivity contribution in [1.29, 1.82) is 0 Å². The normalized spacial score (nSPS) is 10.9. The van der Waals surface area contributed by atoms with E-state index < -0.39 is 10.0 Å². The van der Waals surface area contributed by atoms with Crippen LogP contribution in [0.3, 0.4) is 0 Å². The zero-order valence-electron chi connectivity index (χ0n) is 10.8. The predicted molar refractivity (Wildman–Crippen MR) is 86.0 cm³/mol. The molecule has 3 N–H and O–H groups in total. The molecule has 0 bridgehead atoms. The van der Waals surface area contributed by atoms with Crippen LogP contribution in [-0.2, 0) is 14.8 Å². The van der Waals surface area contributed by atoms with Gasteiger partial charge in [0.25, 0.3) is 10.0 Å². The number of halogens is 2. The maximum atomic E-state index is 11.8. The van der Waals surface area contributed by atoms with Gasteiger partial charge in [0, 0.05) is 13.1 Å². The monoisotopic (exact) mass is 405 g/mol. The summed E-state index contributed by atoms with van der Waals surface area (Å²) >= 11 is 4.29. The van der Waals surface area contributed by atoms with Gasteiger partial charge in [-0.2, -0.15) is 0 Å². The largest absolute Gasteiger partial charge is 0.354 e. The first-order chi connectivity index (χ1) is 8.95. The highest BCUT2D eigenvalue weighted by atomic mass is 79.9. The lowest BCUT2D eigenvalue weighted by Crippen LogP contribution is -2.39. The zero-order valence-corrected chi connectivity index (χ0v) is 14.8. The Labute approximate surface area is 137 Å². The SMILES string of the molecule is CCNCCNC(=O)CNS(=O)(=O)c1ccc(Br)s1.Cl. The first-order valence-electron chi connectivity index (χ1n) is 5.68. The van der Waals surface area contributed by atoms with Gasteiger partial charge in [0.15, 0.2) is 0 Å². The quantitative estimate of drug-likeness (QED) is 0.561. The van der Waals surface area contributed by atoms with E-state index in [4.69, 9.17) is 0 Å². The Morgan fingerprint density at radius 2 is 2.05 bits per heavy atom. The van der Waals surface area contributed by atoms with E-state index in [0.717, 1.165) is 21.7 Å². The summed E-state index contributed by atoms with van der Waals surface area (Å²) in [7, 11) is -3.61. The van der Waals surface area contributed by atoms with Crippen LogP contribution in [0.25, 0.3) is 0 Å². The second-order valence-corrected chi connectivity index (χ2v) is 8.04. The highest BCUT2D eigenvalue weighted by Crippen LogP contribution is 2.25. The first kappa shape index (κ1) is 19.8. The van der Waals surface area contributed by atoms with Crippen molar-refractivity contribution in [3.63, 3.8) is 0 Å². The molecule has 0 aliphatic rings. The lowest BCUT2D eigenvalue weighted by Gasteiger charge is -2.06. The Morgan fingerprint density at radius 3 is 2.60 bits per heavy atom. The van der Waals surface area contributed by atoms with Gasteiger partial charge in [0.2, 0.25) is 5.91 Å². The average Bonchev–Trinajstić information content (AvgIpc) is 2.80. The minimum atomic E-state index is -3.61. The van der Waals surface area contributed by atoms with Gasteiger partial charge in [0.05, 0.1) is 10.3 Å². The molecule has 0 aliphatic heterocycles. The van der Waals surface area contributed by atoms with Crippen LogP contribution in [0.4, 0.5) is 0 Å². The van der Waals surface area contributed by atoms with E-state index in [2.05, 4.69) is 31.3 Å². The van der Waals surface area contributed by atoms with Crippen molar-refractivity contribution in [3.05, 3.63) is 15.9 Å². The number of carbonyl (C=O) groups excluding carboxylic acids is 1. The van der Waals surface area contributed by atoms with Crippen LogP contribution in [0.15, 0.2) is 20.1 Å². The van der Waals surface area contributed by atoms with Crippen LogP contribution < -0.4 is 15.4 Å². The van der Waals surface area contributed by atoms with Crippen molar-refractivity contribution in [3.8, 4) is 0 Å². The third-order valence-corrected chi connectivity index (χ3v) is 5.63. The number of sulfonamides is 1. The van der Waals surface area contributed by atoms with Crippen molar-refractivity contribution in [2.75, 3.05) is 26.2 Å². The second-order valence-electron chi connectivity index (χ2n) is 3.59. The molecule has 0 fully saturated rings. The number of thiophene rings is 1. The lowest BCUT2D eigenvalue weighted by atomic mass is 10.5. The Kier molecular flexibility index (Phi) is 9.60. The van der Waals surface area contributed by atoms with Crippen molar-refractivity contribution in [1.82, 2.24) is 15.4 Å². The number of nitrogens with one attached hydrogen (secondary N) is 3. The van der Waals surface area contributed by atoms with Crippen molar-refractivity contribution in [2.24, 2.45) is 0 Å². The molecule has 1 aromatic heterocycles. The van der Waals surface area contributed by atoms with Gasteiger partial charge in [-0.3, -0.25) is 4.79 Å². The Morgan fingerprint density at radius 1 is 1.35 bits per heavy atom. The highest BCUT2D eigenvalue weighted by Gasteiger charge is 2.17. The number of hydrogen-bond donors (Lipinski definition) is 3. The molecule has 0 saturated carbocycles. The van der Waals surface area contributed by atoms with Gasteiger partial charge in [-0.05, 0) is 34.6 Å². The number of carbonyl (C=O) groups is 1. The topological polar surface area (TPSA) is 87.3 Å². The van der Waals surface area contributed by atoms with E-state index in [-0.39, 0.29) is 29.1 Å². The molecule has 0 aliphatic carbocycles. The highest BCUT2D eigenvalue weighted by molar-refractivity contribution is 9.11. The molecule has 1 amide bonds. The molecule has 1 aromatic rings. The summed E-state index contributed by atoms with van der Waals surface area (Å²) in [5.41, 5.74) is 0. The van der Waals surface area contributed by atoms with E-state index >= 15 is 0 Å². The van der Waals surface area contributed by atoms with Crippen LogP contribution >= 0.6 is 39.7 Å². The molecule has 0 unspecified atom stereocenters. The van der Waals surface area contributed by atoms with Crippen molar-refractivity contribution < 1.29 is 13.2 Å². The molecule has 116 valence electrons. The van der Waals surface area contributed by atoms with Crippen LogP contribution in [0.5, 0.6) is 0 Å². The lowest BCUT2D eigenvalue weighted by molar-refractivity contribution is -0.119. The third-order valence-electron chi connectivity index (χ3n) is 2.11. The van der Waals surface area contributed by atoms with E-state index in [1.807, 2.05) is 6.92 Å². The van der Waals surface area contributed by atoms with Crippen LogP contribution in [-0.4, -0.2) is 40.5 Å². The summed E-state index contributed by atoms with van der Waals surface area (Å²) in [6, 6.07) is 3.13. The predicted octanol–water partition coefficient (Wildman–Crippen LogP) is 0.936. The number of likely N-dealkylation sites (N-methyl/N-ethyl adjacent to an activating group) is 1. The van der Waals surface area contributed by atoms with Gasteiger partial charge in [-0.1, -0.05) is 6.92 Å². The summed E-state index contributed by atoms with van der Waals surface area (Å²) < 4.78 is 26.8. The van der Waals surface area contributed by atoms with Crippen LogP contribution in [0, 0.1) is 0 Å². The molecule has 0 radical (unpaired) electrons. The molecular formula is C10H17BrClN3O3S2. The van der Waals surface area contributed by atoms with E-state index in [1.165, 1.54) is 6.07 Å². The summed E-state index contributed by atoms with van der Waals surface area (Å²) in [5.74, 6) is -0.350. The van der Waals surface area contributed by atoms with Crippen molar-refractivity contribution >= 4 is 55.6 Å². The zero-order chi connectivity index (χ0) is 14.3. The summed E-state index contributed by atoms with van der Waals surface area (Å²) in [6.07, 6.45) is 0. The molecule has 20 heavy (non-hydrogen) atoms. The molecular weight excluding hydrogens is 390 g/mol. The molecule has 0 aromatic carbocycles. The summed E-state index contributed by atoms with van der Waals surface area (Å²) in [5, 5.41) is 5.66. The standard InChI is InChI=1S/C10H16BrN3O3S2.ClH/c1-2-12-5-6-13-9(15)7-14-19(16,17)10-4-3-8(11)18-10;/h3-4,12,14H,2,5-7H2,1H3,(H,13,15);1H. The fourth-order valence-electron chi connectivity index (χ4n) is 1.20. The first-order valence-corrected chi connectivity index (χ1v) is 8.77. The van der Waals surface area contributed by atoms with Gasteiger partial charge < -0.3 is 10.6 Å². The molecule has 0 spiro atoms. The van der Waals surface area contributed by atoms with Gasteiger partial charge in [-0.25, -0.2) is 13.1 Å². The minimum absolute atomic E-state index is 0. The molecule has 1 heterocycles. The minimum Gasteiger partial charge on any atom is -0.354 e. The number of hydrogen-bond acceptors (Lipinski definition) is 5. The van der Waals surface area contributed by atoms with Crippen LogP contribution in [0.1, 0.15) is 6.92 Å². The Hall–Kier alpha value is -0.190. The molecule has 6 nitrogen and oxygen atoms in total. The smallest absolute Gasteiger partial charge is 0.250 e. The van der Waals surface area contributed by atoms with E-state index in [0.29, 0.717) is 13.1 Å². The number of amides is 1. The number of rotatable bonds is 8. The maximum absolute atomic E-state index is 11.8. The Balaban J connectivity index is 0.00000361. The fourth-order valence-corrected chi connectivity index (χ4v) is 4.24. The van der Waals surface area contributed by atoms with E-state index in [9.17, 15) is 13.2 Å². The van der Waals surface area contributed by atoms with Gasteiger partial charge in [-0.15, -0.1) is 23.7 Å². The fraction of sp³-hybridized carbons (Fsp3) is 0.500. The molecule has 1 rings (SSSR count). The van der Waals surface area contributed by atoms with Crippen molar-refractivity contribution in [2.45, 2.75) is 11.1 Å². The summed E-state index contributed by atoms with van der Waals surface area (Å²) in [6.45, 7) is 3.67. The second kappa shape index (κ2) is 9.69. The van der Waals surface area contributed by atoms with E-state index in [1.54, 1.807) is 6.07 Å². The van der Waals surface area contributed by atoms with Gasteiger partial charge in [0.1, 0.15) is 4.21 Å². The average molecular weight is 407 g/mol. The van der Waals surface area contributed by atoms with Gasteiger partial charge >= 0.3 is 0 Å². The third kappa shape index (κ3) is 7.00.